The van der Waals surface area contributed by atoms with Crippen LogP contribution < -0.4 is 11.1 Å². The quantitative estimate of drug-likeness (QED) is 0.369. The first-order valence-corrected chi connectivity index (χ1v) is 12.3. The third-order valence-electron chi connectivity index (χ3n) is 6.60. The van der Waals surface area contributed by atoms with Crippen LogP contribution in [0.1, 0.15) is 48.9 Å². The van der Waals surface area contributed by atoms with E-state index in [0.29, 0.717) is 17.9 Å². The van der Waals surface area contributed by atoms with E-state index in [0.717, 1.165) is 35.4 Å². The number of aromatic amines is 1. The maximum Gasteiger partial charge on any atom is 0.407 e. The highest BCUT2D eigenvalue weighted by molar-refractivity contribution is 5.97. The SMILES string of the molecule is COC(=O)N[C@H](C(=O)N1CCC[C@H]1c1ncc(-c2ccc(-c3ccc(C(=O)CN)cc3)nc2)[nH]1)C(C)C.Cl. The number of ketones is 1. The van der Waals surface area contributed by atoms with Crippen LogP contribution in [-0.4, -0.2) is 63.9 Å². The van der Waals surface area contributed by atoms with E-state index in [1.54, 1.807) is 29.4 Å². The molecule has 4 N–H and O–H groups in total. The van der Waals surface area contributed by atoms with Gasteiger partial charge < -0.3 is 25.7 Å². The number of rotatable bonds is 8. The van der Waals surface area contributed by atoms with E-state index in [-0.39, 0.29) is 42.6 Å². The van der Waals surface area contributed by atoms with E-state index in [9.17, 15) is 14.4 Å². The number of pyridine rings is 1. The van der Waals surface area contributed by atoms with Crippen LogP contribution in [0.2, 0.25) is 0 Å². The molecular weight excluding hydrogens is 508 g/mol. The molecule has 38 heavy (non-hydrogen) atoms. The van der Waals surface area contributed by atoms with Gasteiger partial charge in [0.2, 0.25) is 5.91 Å². The summed E-state index contributed by atoms with van der Waals surface area (Å²) >= 11 is 0. The molecule has 11 heteroatoms. The number of imidazole rings is 1. The van der Waals surface area contributed by atoms with Gasteiger partial charge in [-0.15, -0.1) is 12.4 Å². The number of ether oxygens (including phenoxy) is 1. The van der Waals surface area contributed by atoms with E-state index >= 15 is 0 Å². The van der Waals surface area contributed by atoms with Crippen LogP contribution in [0.25, 0.3) is 22.5 Å². The second kappa shape index (κ2) is 12.7. The maximum atomic E-state index is 13.3. The maximum absolute atomic E-state index is 13.3. The zero-order valence-corrected chi connectivity index (χ0v) is 22.5. The van der Waals surface area contributed by atoms with Crippen molar-refractivity contribution in [3.05, 3.63) is 60.2 Å². The number of amides is 2. The van der Waals surface area contributed by atoms with Gasteiger partial charge in [0.15, 0.2) is 5.78 Å². The van der Waals surface area contributed by atoms with Crippen LogP contribution in [0.4, 0.5) is 4.79 Å². The molecule has 0 radical (unpaired) electrons. The van der Waals surface area contributed by atoms with Crippen LogP contribution >= 0.6 is 12.4 Å². The Morgan fingerprint density at radius 1 is 1.11 bits per heavy atom. The lowest BCUT2D eigenvalue weighted by molar-refractivity contribution is -0.135. The van der Waals surface area contributed by atoms with E-state index in [1.807, 2.05) is 38.1 Å². The van der Waals surface area contributed by atoms with Crippen molar-refractivity contribution in [2.75, 3.05) is 20.2 Å². The molecule has 0 bridgehead atoms. The molecule has 2 amide bonds. The van der Waals surface area contributed by atoms with Crippen LogP contribution in [0, 0.1) is 5.92 Å². The predicted octanol–water partition coefficient (Wildman–Crippen LogP) is 3.75. The molecule has 1 aliphatic heterocycles. The Kier molecular flexibility index (Phi) is 9.60. The van der Waals surface area contributed by atoms with Gasteiger partial charge in [0.25, 0.3) is 0 Å². The lowest BCUT2D eigenvalue weighted by Gasteiger charge is -2.30. The monoisotopic (exact) mass is 540 g/mol. The Morgan fingerprint density at radius 3 is 2.42 bits per heavy atom. The summed E-state index contributed by atoms with van der Waals surface area (Å²) < 4.78 is 4.70. The van der Waals surface area contributed by atoms with Crippen molar-refractivity contribution in [2.24, 2.45) is 11.7 Å². The Hall–Kier alpha value is -3.76. The lowest BCUT2D eigenvalue weighted by atomic mass is 10.0. The van der Waals surface area contributed by atoms with Gasteiger partial charge in [0.1, 0.15) is 11.9 Å². The fraction of sp³-hybridized carbons (Fsp3) is 0.370. The van der Waals surface area contributed by atoms with E-state index in [4.69, 9.17) is 10.5 Å². The Labute approximate surface area is 227 Å². The highest BCUT2D eigenvalue weighted by Gasteiger charge is 2.37. The summed E-state index contributed by atoms with van der Waals surface area (Å²) in [5.74, 6) is 0.352. The minimum Gasteiger partial charge on any atom is -0.453 e. The second-order valence-electron chi connectivity index (χ2n) is 9.37. The van der Waals surface area contributed by atoms with Crippen molar-refractivity contribution < 1.29 is 19.1 Å². The van der Waals surface area contributed by atoms with E-state index in [1.165, 1.54) is 7.11 Å². The molecule has 1 aromatic carbocycles. The number of nitrogens with two attached hydrogens (primary N) is 1. The number of halogens is 1. The van der Waals surface area contributed by atoms with Gasteiger partial charge in [-0.1, -0.05) is 38.1 Å². The summed E-state index contributed by atoms with van der Waals surface area (Å²) in [6.45, 7) is 4.35. The van der Waals surface area contributed by atoms with Gasteiger partial charge >= 0.3 is 6.09 Å². The summed E-state index contributed by atoms with van der Waals surface area (Å²) in [6.07, 6.45) is 4.51. The zero-order valence-electron chi connectivity index (χ0n) is 21.6. The number of nitrogens with zero attached hydrogens (tertiary/aromatic N) is 3. The van der Waals surface area contributed by atoms with Crippen LogP contribution in [-0.2, 0) is 9.53 Å². The van der Waals surface area contributed by atoms with Crippen molar-refractivity contribution in [3.8, 4) is 22.5 Å². The van der Waals surface area contributed by atoms with Crippen molar-refractivity contribution >= 4 is 30.2 Å². The fourth-order valence-corrected chi connectivity index (χ4v) is 4.51. The fourth-order valence-electron chi connectivity index (χ4n) is 4.51. The Morgan fingerprint density at radius 2 is 1.82 bits per heavy atom. The van der Waals surface area contributed by atoms with Gasteiger partial charge in [0.05, 0.1) is 37.3 Å². The average Bonchev–Trinajstić information content (AvgIpc) is 3.61. The summed E-state index contributed by atoms with van der Waals surface area (Å²) in [5, 5.41) is 2.66. The number of carbonyl (C=O) groups excluding carboxylic acids is 3. The molecule has 1 aliphatic rings. The summed E-state index contributed by atoms with van der Waals surface area (Å²) in [7, 11) is 1.28. The molecule has 3 aromatic rings. The van der Waals surface area contributed by atoms with Crippen LogP contribution in [0.5, 0.6) is 0 Å². The predicted molar refractivity (Wildman–Crippen MR) is 146 cm³/mol. The molecule has 3 heterocycles. The summed E-state index contributed by atoms with van der Waals surface area (Å²) in [5.41, 5.74) is 9.34. The number of methoxy groups -OCH3 is 1. The zero-order chi connectivity index (χ0) is 26.5. The molecule has 2 atom stereocenters. The summed E-state index contributed by atoms with van der Waals surface area (Å²) in [6, 6.07) is 10.2. The molecule has 1 fully saturated rings. The minimum absolute atomic E-state index is 0. The number of benzene rings is 1. The largest absolute Gasteiger partial charge is 0.453 e. The molecule has 1 saturated heterocycles. The molecule has 4 rings (SSSR count). The number of nitrogens with one attached hydrogen (secondary N) is 2. The highest BCUT2D eigenvalue weighted by Crippen LogP contribution is 2.33. The van der Waals surface area contributed by atoms with Gasteiger partial charge in [0, 0.05) is 29.4 Å². The van der Waals surface area contributed by atoms with Crippen molar-refractivity contribution in [1.82, 2.24) is 25.2 Å². The van der Waals surface area contributed by atoms with Crippen LogP contribution in [0.15, 0.2) is 48.8 Å². The van der Waals surface area contributed by atoms with Crippen molar-refractivity contribution in [2.45, 2.75) is 38.8 Å². The number of H-pyrrole nitrogens is 1. The number of hydrogen-bond acceptors (Lipinski definition) is 7. The molecule has 0 unspecified atom stereocenters. The van der Waals surface area contributed by atoms with Crippen molar-refractivity contribution in [1.29, 1.82) is 0 Å². The van der Waals surface area contributed by atoms with E-state index in [2.05, 4.69) is 20.3 Å². The molecule has 202 valence electrons. The Bertz CT molecular complexity index is 1260. The second-order valence-corrected chi connectivity index (χ2v) is 9.37. The van der Waals surface area contributed by atoms with Gasteiger partial charge in [-0.3, -0.25) is 14.6 Å². The van der Waals surface area contributed by atoms with Gasteiger partial charge in [-0.2, -0.15) is 0 Å². The number of hydrogen-bond donors (Lipinski definition) is 3. The number of likely N-dealkylation sites (tertiary alicyclic amines) is 1. The molecule has 0 spiro atoms. The molecule has 0 saturated carbocycles. The first kappa shape index (κ1) is 28.8. The first-order chi connectivity index (χ1) is 17.8. The van der Waals surface area contributed by atoms with Crippen molar-refractivity contribution in [3.63, 3.8) is 0 Å². The smallest absolute Gasteiger partial charge is 0.407 e. The van der Waals surface area contributed by atoms with Gasteiger partial charge in [-0.05, 0) is 30.9 Å². The summed E-state index contributed by atoms with van der Waals surface area (Å²) in [4.78, 5) is 51.1. The molecule has 2 aromatic heterocycles. The first-order valence-electron chi connectivity index (χ1n) is 12.3. The number of carbonyl (C=O) groups is 3. The highest BCUT2D eigenvalue weighted by atomic mass is 35.5. The third-order valence-corrected chi connectivity index (χ3v) is 6.60. The topological polar surface area (TPSA) is 143 Å². The average molecular weight is 541 g/mol. The third kappa shape index (κ3) is 6.20. The number of alkyl carbamates (subject to hydrolysis) is 1. The minimum atomic E-state index is -0.679. The Balaban J connectivity index is 0.00000400. The number of aromatic nitrogens is 3. The molecule has 10 nitrogen and oxygen atoms in total. The number of Topliss-reactive ketones (excluding diaryl/α,β-unsaturated/α-hetero) is 1. The molecule has 0 aliphatic carbocycles. The lowest BCUT2D eigenvalue weighted by Crippen LogP contribution is -2.51. The standard InChI is InChI=1S/C27H32N6O4.ClH/c1-16(2)24(32-27(36)37-3)26(35)33-12-4-5-22(33)25-30-15-21(31-25)19-10-11-20(29-14-19)17-6-8-18(9-7-17)23(34)13-28;/h6-11,14-16,22,24H,4-5,12-13,28H2,1-3H3,(H,30,31)(H,32,36);1H/t22-,24-;/m0./s1. The van der Waals surface area contributed by atoms with Gasteiger partial charge in [-0.25, -0.2) is 9.78 Å². The van der Waals surface area contributed by atoms with E-state index < -0.39 is 12.1 Å². The normalized spacial score (nSPS) is 15.6. The van der Waals surface area contributed by atoms with Crippen LogP contribution in [0.3, 0.4) is 0 Å². The molecular formula is C27H33ClN6O4.